The van der Waals surface area contributed by atoms with Crippen LogP contribution in [0.4, 0.5) is 0 Å². The van der Waals surface area contributed by atoms with Crippen LogP contribution >= 0.6 is 0 Å². The number of carboxylic acid groups (broad SMARTS) is 1. The first-order valence-electron chi connectivity index (χ1n) is 8.76. The van der Waals surface area contributed by atoms with Crippen molar-refractivity contribution in [2.45, 2.75) is 51.0 Å². The van der Waals surface area contributed by atoms with Crippen LogP contribution in [0, 0.1) is 17.8 Å². The molecule has 3 aliphatic rings. The molecule has 1 aromatic rings. The number of amides is 1. The summed E-state index contributed by atoms with van der Waals surface area (Å²) in [5.41, 5.74) is 0. The van der Waals surface area contributed by atoms with Gasteiger partial charge in [-0.25, -0.2) is 4.79 Å². The summed E-state index contributed by atoms with van der Waals surface area (Å²) in [5, 5.41) is 8.93. The normalized spacial score (nSPS) is 32.6. The van der Waals surface area contributed by atoms with Crippen LogP contribution < -0.4 is 0 Å². The minimum Gasteiger partial charge on any atom is -0.475 e. The van der Waals surface area contributed by atoms with E-state index >= 15 is 0 Å². The number of carbonyl (C=O) groups excluding carboxylic acids is 1. The number of hydrogen-bond donors (Lipinski definition) is 1. The Hall–Kier alpha value is -1.78. The summed E-state index contributed by atoms with van der Waals surface area (Å²) in [5.74, 6) is 1.28. The molecule has 124 valence electrons. The van der Waals surface area contributed by atoms with Gasteiger partial charge in [-0.15, -0.1) is 0 Å². The summed E-state index contributed by atoms with van der Waals surface area (Å²) in [4.78, 5) is 25.5. The van der Waals surface area contributed by atoms with Crippen molar-refractivity contribution in [2.24, 2.45) is 17.8 Å². The molecule has 2 saturated carbocycles. The molecule has 23 heavy (non-hydrogen) atoms. The lowest BCUT2D eigenvalue weighted by Crippen LogP contribution is -2.37. The molecule has 5 heteroatoms. The van der Waals surface area contributed by atoms with Crippen molar-refractivity contribution in [3.05, 3.63) is 23.7 Å². The van der Waals surface area contributed by atoms with Crippen LogP contribution in [-0.4, -0.2) is 34.5 Å². The third kappa shape index (κ3) is 2.66. The van der Waals surface area contributed by atoms with Crippen LogP contribution in [0.15, 0.2) is 16.5 Å². The second-order valence-corrected chi connectivity index (χ2v) is 7.43. The van der Waals surface area contributed by atoms with Gasteiger partial charge >= 0.3 is 5.97 Å². The number of rotatable bonds is 4. The van der Waals surface area contributed by atoms with Gasteiger partial charge in [-0.3, -0.25) is 4.79 Å². The van der Waals surface area contributed by atoms with E-state index in [0.29, 0.717) is 6.04 Å². The van der Waals surface area contributed by atoms with Gasteiger partial charge in [0, 0.05) is 12.6 Å². The number of fused-ring (bicyclic) bond motifs is 2. The summed E-state index contributed by atoms with van der Waals surface area (Å²) >= 11 is 0. The van der Waals surface area contributed by atoms with Crippen LogP contribution in [-0.2, 0) is 0 Å². The van der Waals surface area contributed by atoms with Gasteiger partial charge < -0.3 is 14.4 Å². The van der Waals surface area contributed by atoms with E-state index in [0.717, 1.165) is 43.6 Å². The first-order chi connectivity index (χ1) is 11.1. The van der Waals surface area contributed by atoms with Crippen LogP contribution in [0.5, 0.6) is 0 Å². The Labute approximate surface area is 135 Å². The van der Waals surface area contributed by atoms with Crippen molar-refractivity contribution < 1.29 is 19.1 Å². The number of carbonyl (C=O) groups is 2. The van der Waals surface area contributed by atoms with E-state index in [1.54, 1.807) is 0 Å². The minimum atomic E-state index is -1.14. The topological polar surface area (TPSA) is 70.8 Å². The molecule has 1 aromatic heterocycles. The van der Waals surface area contributed by atoms with Crippen LogP contribution in [0.3, 0.4) is 0 Å². The second-order valence-electron chi connectivity index (χ2n) is 7.43. The summed E-state index contributed by atoms with van der Waals surface area (Å²) in [7, 11) is 0. The highest BCUT2D eigenvalue weighted by molar-refractivity contribution is 5.93. The highest BCUT2D eigenvalue weighted by Crippen LogP contribution is 2.50. The Morgan fingerprint density at radius 1 is 1.17 bits per heavy atom. The Morgan fingerprint density at radius 2 is 2.00 bits per heavy atom. The summed E-state index contributed by atoms with van der Waals surface area (Å²) < 4.78 is 5.20. The molecular weight excluding hydrogens is 294 g/mol. The van der Waals surface area contributed by atoms with Crippen molar-refractivity contribution in [3.63, 3.8) is 0 Å². The Morgan fingerprint density at radius 3 is 2.65 bits per heavy atom. The molecule has 4 atom stereocenters. The molecule has 4 unspecified atom stereocenters. The molecule has 3 fully saturated rings. The molecule has 1 saturated heterocycles. The summed E-state index contributed by atoms with van der Waals surface area (Å²) in [6.45, 7) is 0.757. The second kappa shape index (κ2) is 5.69. The summed E-state index contributed by atoms with van der Waals surface area (Å²) in [6.07, 6.45) is 8.71. The molecule has 1 N–H and O–H groups in total. The zero-order valence-electron chi connectivity index (χ0n) is 13.2. The van der Waals surface area contributed by atoms with Crippen molar-refractivity contribution in [1.82, 2.24) is 4.90 Å². The molecule has 0 aromatic carbocycles. The van der Waals surface area contributed by atoms with Crippen LogP contribution in [0.1, 0.15) is 66.1 Å². The predicted molar refractivity (Wildman–Crippen MR) is 83.3 cm³/mol. The third-order valence-electron chi connectivity index (χ3n) is 6.12. The number of hydrogen-bond acceptors (Lipinski definition) is 3. The maximum Gasteiger partial charge on any atom is 0.371 e. The minimum absolute atomic E-state index is 0.150. The van der Waals surface area contributed by atoms with Gasteiger partial charge in [0.1, 0.15) is 0 Å². The van der Waals surface area contributed by atoms with Crippen molar-refractivity contribution >= 4 is 11.9 Å². The molecule has 0 spiro atoms. The van der Waals surface area contributed by atoms with E-state index in [2.05, 4.69) is 0 Å². The Kier molecular flexibility index (Phi) is 3.66. The predicted octanol–water partition coefficient (Wildman–Crippen LogP) is 3.41. The molecule has 1 amide bonds. The van der Waals surface area contributed by atoms with Gasteiger partial charge in [0.05, 0.1) is 0 Å². The maximum atomic E-state index is 12.7. The van der Waals surface area contributed by atoms with Gasteiger partial charge in [-0.1, -0.05) is 6.42 Å². The Bertz CT molecular complexity index is 622. The first-order valence-corrected chi connectivity index (χ1v) is 8.76. The zero-order valence-corrected chi connectivity index (χ0v) is 13.2. The number of carboxylic acids is 1. The average Bonchev–Trinajstić information content (AvgIpc) is 3.30. The standard InChI is InChI=1S/C18H23NO4/c20-17(15-5-6-16(23-15)18(21)22)19-7-1-2-14(19)10-13-9-11-3-4-12(13)8-11/h5-6,11-14H,1-4,7-10H2,(H,21,22). The fourth-order valence-corrected chi connectivity index (χ4v) is 5.07. The molecule has 2 aliphatic carbocycles. The maximum absolute atomic E-state index is 12.7. The lowest BCUT2D eigenvalue weighted by atomic mass is 9.83. The monoisotopic (exact) mass is 317 g/mol. The van der Waals surface area contributed by atoms with Crippen molar-refractivity contribution in [2.75, 3.05) is 6.54 Å². The van der Waals surface area contributed by atoms with E-state index in [4.69, 9.17) is 9.52 Å². The largest absolute Gasteiger partial charge is 0.475 e. The van der Waals surface area contributed by atoms with E-state index in [1.165, 1.54) is 37.8 Å². The van der Waals surface area contributed by atoms with Crippen LogP contribution in [0.2, 0.25) is 0 Å². The van der Waals surface area contributed by atoms with Gasteiger partial charge in [-0.05, 0) is 68.4 Å². The molecule has 1 aliphatic heterocycles. The van der Waals surface area contributed by atoms with Gasteiger partial charge in [0.2, 0.25) is 5.76 Å². The quantitative estimate of drug-likeness (QED) is 0.924. The van der Waals surface area contributed by atoms with E-state index < -0.39 is 5.97 Å². The van der Waals surface area contributed by atoms with Crippen molar-refractivity contribution in [1.29, 1.82) is 0 Å². The van der Waals surface area contributed by atoms with E-state index in [-0.39, 0.29) is 17.4 Å². The summed E-state index contributed by atoms with van der Waals surface area (Å²) in [6, 6.07) is 3.14. The number of aromatic carboxylic acids is 1. The molecular formula is C18H23NO4. The number of furan rings is 1. The SMILES string of the molecule is O=C(O)c1ccc(C(=O)N2CCCC2CC2CC3CCC2C3)o1. The highest BCUT2D eigenvalue weighted by atomic mass is 16.4. The smallest absolute Gasteiger partial charge is 0.371 e. The van der Waals surface area contributed by atoms with Crippen molar-refractivity contribution in [3.8, 4) is 0 Å². The molecule has 2 bridgehead atoms. The molecule has 2 heterocycles. The van der Waals surface area contributed by atoms with E-state index in [9.17, 15) is 9.59 Å². The lowest BCUT2D eigenvalue weighted by molar-refractivity contribution is 0.0637. The highest BCUT2D eigenvalue weighted by Gasteiger charge is 2.42. The molecule has 5 nitrogen and oxygen atoms in total. The Balaban J connectivity index is 1.44. The third-order valence-corrected chi connectivity index (χ3v) is 6.12. The fourth-order valence-electron chi connectivity index (χ4n) is 5.07. The molecule has 0 radical (unpaired) electrons. The lowest BCUT2D eigenvalue weighted by Gasteiger charge is -2.30. The molecule has 4 rings (SSSR count). The zero-order chi connectivity index (χ0) is 16.0. The first kappa shape index (κ1) is 14.8. The van der Waals surface area contributed by atoms with Gasteiger partial charge in [0.25, 0.3) is 5.91 Å². The fraction of sp³-hybridized carbons (Fsp3) is 0.667. The van der Waals surface area contributed by atoms with Gasteiger partial charge in [-0.2, -0.15) is 0 Å². The van der Waals surface area contributed by atoms with Crippen LogP contribution in [0.25, 0.3) is 0 Å². The number of nitrogens with zero attached hydrogens (tertiary/aromatic N) is 1. The van der Waals surface area contributed by atoms with Gasteiger partial charge in [0.15, 0.2) is 5.76 Å². The average molecular weight is 317 g/mol. The number of likely N-dealkylation sites (tertiary alicyclic amines) is 1. The van der Waals surface area contributed by atoms with E-state index in [1.807, 2.05) is 4.90 Å².